The van der Waals surface area contributed by atoms with E-state index < -0.39 is 15.1 Å². The molecule has 1 atom stereocenters. The maximum absolute atomic E-state index is 12.7. The molecule has 2 heterocycles. The van der Waals surface area contributed by atoms with Gasteiger partial charge >= 0.3 is 0 Å². The van der Waals surface area contributed by atoms with Gasteiger partial charge in [-0.15, -0.1) is 0 Å². The molecule has 0 aliphatic carbocycles. The number of hydrogen-bond acceptors (Lipinski definition) is 4. The van der Waals surface area contributed by atoms with Crippen LogP contribution < -0.4 is 0 Å². The summed E-state index contributed by atoms with van der Waals surface area (Å²) in [5.74, 6) is 1.09. The number of amides is 1. The smallest absolute Gasteiger partial charge is 0.257 e. The van der Waals surface area contributed by atoms with Gasteiger partial charge in [0.1, 0.15) is 11.5 Å². The Kier molecular flexibility index (Phi) is 4.02. The number of furan rings is 1. The van der Waals surface area contributed by atoms with E-state index in [4.69, 9.17) is 4.42 Å². The zero-order valence-electron chi connectivity index (χ0n) is 13.2. The average Bonchev–Trinajstić information content (AvgIpc) is 3.14. The van der Waals surface area contributed by atoms with E-state index in [1.807, 2.05) is 0 Å². The fourth-order valence-electron chi connectivity index (χ4n) is 2.98. The third kappa shape index (κ3) is 2.91. The van der Waals surface area contributed by atoms with E-state index in [0.29, 0.717) is 34.9 Å². The number of hydrogen-bond donors (Lipinski definition) is 0. The summed E-state index contributed by atoms with van der Waals surface area (Å²) in [6, 6.07) is 10.1. The molecule has 1 saturated heterocycles. The molecule has 1 aliphatic heterocycles. The second-order valence-corrected chi connectivity index (χ2v) is 8.07. The monoisotopic (exact) mass is 333 g/mol. The number of sulfone groups is 1. The molecule has 1 amide bonds. The number of nitrogens with zero attached hydrogens (tertiary/aromatic N) is 1. The van der Waals surface area contributed by atoms with Crippen LogP contribution in [0.15, 0.2) is 45.7 Å². The Bertz CT molecular complexity index is 824. The molecule has 23 heavy (non-hydrogen) atoms. The van der Waals surface area contributed by atoms with E-state index in [1.54, 1.807) is 55.1 Å². The van der Waals surface area contributed by atoms with E-state index in [0.717, 1.165) is 0 Å². The van der Waals surface area contributed by atoms with Crippen LogP contribution in [-0.2, 0) is 9.84 Å². The van der Waals surface area contributed by atoms with Crippen molar-refractivity contribution >= 4 is 15.7 Å². The van der Waals surface area contributed by atoms with Crippen molar-refractivity contribution in [3.8, 4) is 0 Å². The second-order valence-electron chi connectivity index (χ2n) is 5.85. The van der Waals surface area contributed by atoms with Crippen LogP contribution in [-0.4, -0.2) is 37.6 Å². The van der Waals surface area contributed by atoms with Crippen molar-refractivity contribution in [1.82, 2.24) is 4.90 Å². The summed E-state index contributed by atoms with van der Waals surface area (Å²) >= 11 is 0. The highest BCUT2D eigenvalue weighted by molar-refractivity contribution is 7.92. The molecule has 0 bridgehead atoms. The van der Waals surface area contributed by atoms with Crippen LogP contribution in [0, 0.1) is 13.8 Å². The van der Waals surface area contributed by atoms with Gasteiger partial charge in [0.05, 0.1) is 15.7 Å². The molecule has 1 fully saturated rings. The standard InChI is InChI=1S/C17H19NO4S/c1-12-10-16(13(2)22-12)17(19)18-9-8-15(11-18)23(20,21)14-6-4-3-5-7-14/h3-7,10,15H,8-9,11H2,1-2H3/t15-/m0/s1. The molecule has 0 N–H and O–H groups in total. The van der Waals surface area contributed by atoms with Gasteiger partial charge in [-0.3, -0.25) is 4.79 Å². The zero-order valence-corrected chi connectivity index (χ0v) is 14.0. The maximum atomic E-state index is 12.7. The quantitative estimate of drug-likeness (QED) is 0.866. The van der Waals surface area contributed by atoms with Crippen molar-refractivity contribution in [1.29, 1.82) is 0 Å². The summed E-state index contributed by atoms with van der Waals surface area (Å²) in [4.78, 5) is 14.5. The average molecular weight is 333 g/mol. The van der Waals surface area contributed by atoms with Gasteiger partial charge < -0.3 is 9.32 Å². The topological polar surface area (TPSA) is 67.6 Å². The minimum absolute atomic E-state index is 0.162. The lowest BCUT2D eigenvalue weighted by Crippen LogP contribution is -2.32. The molecule has 5 nitrogen and oxygen atoms in total. The van der Waals surface area contributed by atoms with E-state index in [-0.39, 0.29) is 12.5 Å². The van der Waals surface area contributed by atoms with Crippen molar-refractivity contribution in [2.75, 3.05) is 13.1 Å². The lowest BCUT2D eigenvalue weighted by molar-refractivity contribution is 0.0791. The van der Waals surface area contributed by atoms with Crippen LogP contribution in [0.1, 0.15) is 28.3 Å². The molecule has 0 saturated carbocycles. The van der Waals surface area contributed by atoms with Crippen LogP contribution in [0.25, 0.3) is 0 Å². The Hall–Kier alpha value is -2.08. The largest absolute Gasteiger partial charge is 0.466 e. The first-order chi connectivity index (χ1) is 10.9. The maximum Gasteiger partial charge on any atom is 0.257 e. The van der Waals surface area contributed by atoms with E-state index in [1.165, 1.54) is 0 Å². The highest BCUT2D eigenvalue weighted by atomic mass is 32.2. The molecule has 0 unspecified atom stereocenters. The Morgan fingerprint density at radius 1 is 1.22 bits per heavy atom. The van der Waals surface area contributed by atoms with Gasteiger partial charge in [0.2, 0.25) is 0 Å². The number of aryl methyl sites for hydroxylation is 2. The number of rotatable bonds is 3. The molecule has 0 spiro atoms. The van der Waals surface area contributed by atoms with Crippen LogP contribution in [0.2, 0.25) is 0 Å². The first-order valence-electron chi connectivity index (χ1n) is 7.55. The third-order valence-corrected chi connectivity index (χ3v) is 6.41. The van der Waals surface area contributed by atoms with Crippen LogP contribution in [0.4, 0.5) is 0 Å². The van der Waals surface area contributed by atoms with Crippen molar-refractivity contribution in [3.05, 3.63) is 53.5 Å². The SMILES string of the molecule is Cc1cc(C(=O)N2CC[C@H](S(=O)(=O)c3ccccc3)C2)c(C)o1. The van der Waals surface area contributed by atoms with Crippen molar-refractivity contribution in [3.63, 3.8) is 0 Å². The molecule has 6 heteroatoms. The Morgan fingerprint density at radius 2 is 1.91 bits per heavy atom. The number of benzene rings is 1. The summed E-state index contributed by atoms with van der Waals surface area (Å²) in [5, 5.41) is -0.554. The van der Waals surface area contributed by atoms with Gasteiger partial charge in [-0.2, -0.15) is 0 Å². The summed E-state index contributed by atoms with van der Waals surface area (Å²) in [7, 11) is -3.41. The first kappa shape index (κ1) is 15.8. The van der Waals surface area contributed by atoms with Crippen LogP contribution in [0.3, 0.4) is 0 Å². The molecular formula is C17H19NO4S. The highest BCUT2D eigenvalue weighted by Gasteiger charge is 2.36. The minimum atomic E-state index is -3.41. The fourth-order valence-corrected chi connectivity index (χ4v) is 4.70. The van der Waals surface area contributed by atoms with E-state index in [9.17, 15) is 13.2 Å². The Labute approximate surface area is 135 Å². The molecule has 1 aliphatic rings. The number of likely N-dealkylation sites (tertiary alicyclic amines) is 1. The van der Waals surface area contributed by atoms with Gasteiger partial charge in [0, 0.05) is 13.1 Å². The molecule has 0 radical (unpaired) electrons. The van der Waals surface area contributed by atoms with Crippen molar-refractivity contribution in [2.45, 2.75) is 30.4 Å². The second kappa shape index (κ2) is 5.85. The summed E-state index contributed by atoms with van der Waals surface area (Å²) in [5.41, 5.74) is 0.514. The van der Waals surface area contributed by atoms with Crippen LogP contribution >= 0.6 is 0 Å². The van der Waals surface area contributed by atoms with Gasteiger partial charge in [-0.05, 0) is 38.5 Å². The molecule has 3 rings (SSSR count). The Balaban J connectivity index is 1.79. The molecule has 1 aromatic heterocycles. The minimum Gasteiger partial charge on any atom is -0.466 e. The molecule has 2 aromatic rings. The Morgan fingerprint density at radius 3 is 2.52 bits per heavy atom. The van der Waals surface area contributed by atoms with Crippen molar-refractivity contribution < 1.29 is 17.6 Å². The normalized spacial score (nSPS) is 18.3. The summed E-state index contributed by atoms with van der Waals surface area (Å²) in [6.45, 7) is 4.20. The van der Waals surface area contributed by atoms with Gasteiger partial charge in [0.15, 0.2) is 9.84 Å². The molecular weight excluding hydrogens is 314 g/mol. The summed E-state index contributed by atoms with van der Waals surface area (Å²) < 4.78 is 30.7. The number of carbonyl (C=O) groups is 1. The van der Waals surface area contributed by atoms with Gasteiger partial charge in [-0.25, -0.2) is 8.42 Å². The predicted octanol–water partition coefficient (Wildman–Crippen LogP) is 2.58. The van der Waals surface area contributed by atoms with Crippen molar-refractivity contribution in [2.24, 2.45) is 0 Å². The molecule has 1 aromatic carbocycles. The summed E-state index contributed by atoms with van der Waals surface area (Å²) in [6.07, 6.45) is 0.457. The lowest BCUT2D eigenvalue weighted by atomic mass is 10.2. The predicted molar refractivity (Wildman–Crippen MR) is 86.1 cm³/mol. The highest BCUT2D eigenvalue weighted by Crippen LogP contribution is 2.26. The fraction of sp³-hybridized carbons (Fsp3) is 0.353. The van der Waals surface area contributed by atoms with E-state index in [2.05, 4.69) is 0 Å². The van der Waals surface area contributed by atoms with Crippen LogP contribution in [0.5, 0.6) is 0 Å². The van der Waals surface area contributed by atoms with E-state index >= 15 is 0 Å². The number of carbonyl (C=O) groups excluding carboxylic acids is 1. The third-order valence-electron chi connectivity index (χ3n) is 4.21. The molecule has 122 valence electrons. The zero-order chi connectivity index (χ0) is 16.6. The lowest BCUT2D eigenvalue weighted by Gasteiger charge is -2.16. The van der Waals surface area contributed by atoms with Gasteiger partial charge in [-0.1, -0.05) is 18.2 Å². The van der Waals surface area contributed by atoms with Gasteiger partial charge in [0.25, 0.3) is 5.91 Å². The first-order valence-corrected chi connectivity index (χ1v) is 9.09.